The summed E-state index contributed by atoms with van der Waals surface area (Å²) in [6.07, 6.45) is 8.92. The molecule has 0 bridgehead atoms. The van der Waals surface area contributed by atoms with E-state index in [1.807, 2.05) is 24.4 Å². The van der Waals surface area contributed by atoms with Crippen molar-refractivity contribution in [3.8, 4) is 0 Å². The molecular weight excluding hydrogens is 448 g/mol. The Kier molecular flexibility index (Phi) is 6.42. The van der Waals surface area contributed by atoms with Crippen LogP contribution in [0, 0.1) is 5.92 Å². The third-order valence-electron chi connectivity index (χ3n) is 7.59. The summed E-state index contributed by atoms with van der Waals surface area (Å²) in [6, 6.07) is 19.1. The topological polar surface area (TPSA) is 96.9 Å². The minimum Gasteiger partial charge on any atom is -0.372 e. The number of rotatable bonds is 7. The molecule has 1 aliphatic carbocycles. The molecule has 0 amide bonds. The van der Waals surface area contributed by atoms with Crippen LogP contribution >= 0.6 is 0 Å². The Morgan fingerprint density at radius 3 is 2.28 bits per heavy atom. The molecule has 4 aromatic rings. The molecule has 8 heteroatoms. The van der Waals surface area contributed by atoms with E-state index < -0.39 is 0 Å². The maximum Gasteiger partial charge on any atom is 0.229 e. The average Bonchev–Trinajstić information content (AvgIpc) is 3.57. The third-order valence-corrected chi connectivity index (χ3v) is 7.59. The van der Waals surface area contributed by atoms with E-state index >= 15 is 0 Å². The first kappa shape index (κ1) is 22.8. The number of nitrogens with one attached hydrogen (secondary N) is 2. The Hall–Kier alpha value is -3.65. The highest BCUT2D eigenvalue weighted by Gasteiger charge is 2.24. The van der Waals surface area contributed by atoms with Crippen LogP contribution in [-0.2, 0) is 0 Å². The second-order valence-corrected chi connectivity index (χ2v) is 9.98. The summed E-state index contributed by atoms with van der Waals surface area (Å²) in [5, 5.41) is 6.90. The van der Waals surface area contributed by atoms with Crippen LogP contribution in [0.25, 0.3) is 11.2 Å². The van der Waals surface area contributed by atoms with E-state index in [2.05, 4.69) is 61.5 Å². The highest BCUT2D eigenvalue weighted by Crippen LogP contribution is 2.36. The lowest BCUT2D eigenvalue weighted by molar-refractivity contribution is 0.414. The third kappa shape index (κ3) is 4.73. The van der Waals surface area contributed by atoms with Gasteiger partial charge in [0.2, 0.25) is 11.9 Å². The second-order valence-electron chi connectivity index (χ2n) is 9.98. The predicted octanol–water partition coefficient (Wildman–Crippen LogP) is 5.60. The fourth-order valence-electron chi connectivity index (χ4n) is 5.51. The van der Waals surface area contributed by atoms with Crippen LogP contribution < -0.4 is 21.3 Å². The van der Waals surface area contributed by atoms with Crippen LogP contribution in [0.2, 0.25) is 0 Å². The van der Waals surface area contributed by atoms with Gasteiger partial charge >= 0.3 is 0 Å². The molecule has 4 N–H and O–H groups in total. The smallest absolute Gasteiger partial charge is 0.229 e. The summed E-state index contributed by atoms with van der Waals surface area (Å²) in [4.78, 5) is 16.8. The summed E-state index contributed by atoms with van der Waals surface area (Å²) in [6.45, 7) is 2.93. The van der Waals surface area contributed by atoms with E-state index in [-0.39, 0.29) is 0 Å². The molecule has 1 saturated carbocycles. The number of nitrogens with zero attached hydrogens (tertiary/aromatic N) is 5. The molecular formula is C28H34N8. The summed E-state index contributed by atoms with van der Waals surface area (Å²) < 4.78 is 2.27. The first-order valence-electron chi connectivity index (χ1n) is 13.2. The maximum absolute atomic E-state index is 5.85. The molecule has 36 heavy (non-hydrogen) atoms. The van der Waals surface area contributed by atoms with Crippen molar-refractivity contribution in [3.63, 3.8) is 0 Å². The molecule has 2 aromatic heterocycles. The largest absolute Gasteiger partial charge is 0.372 e. The van der Waals surface area contributed by atoms with Crippen molar-refractivity contribution in [2.45, 2.75) is 44.6 Å². The fraction of sp³-hybridized carbons (Fsp3) is 0.393. The van der Waals surface area contributed by atoms with Crippen LogP contribution in [0.15, 0.2) is 60.8 Å². The molecule has 2 aliphatic rings. The minimum absolute atomic E-state index is 0.395. The number of benzene rings is 2. The Morgan fingerprint density at radius 1 is 0.833 bits per heavy atom. The molecule has 0 atom stereocenters. The molecule has 1 saturated heterocycles. The van der Waals surface area contributed by atoms with Gasteiger partial charge in [-0.1, -0.05) is 31.0 Å². The van der Waals surface area contributed by atoms with Crippen molar-refractivity contribution in [2.75, 3.05) is 35.2 Å². The number of nitrogens with two attached hydrogens (primary N) is 1. The number of piperidine rings is 1. The average molecular weight is 483 g/mol. The molecule has 6 rings (SSSR count). The van der Waals surface area contributed by atoms with Gasteiger partial charge in [-0.15, -0.1) is 0 Å². The summed E-state index contributed by atoms with van der Waals surface area (Å²) >= 11 is 0. The SMILES string of the molecule is NCC1CCN(c2ccc(Nc3ncc4nc(Nc5ccccc5)n(C5CCCC5)c4n3)cc2)CC1. The number of anilines is 5. The van der Waals surface area contributed by atoms with E-state index in [0.29, 0.717) is 17.9 Å². The van der Waals surface area contributed by atoms with Gasteiger partial charge in [-0.25, -0.2) is 9.97 Å². The predicted molar refractivity (Wildman–Crippen MR) is 146 cm³/mol. The number of para-hydroxylation sites is 1. The fourth-order valence-corrected chi connectivity index (χ4v) is 5.51. The van der Waals surface area contributed by atoms with Gasteiger partial charge in [0.05, 0.1) is 6.20 Å². The quantitative estimate of drug-likeness (QED) is 0.315. The number of hydrogen-bond donors (Lipinski definition) is 3. The number of fused-ring (bicyclic) bond motifs is 1. The zero-order valence-corrected chi connectivity index (χ0v) is 20.6. The van der Waals surface area contributed by atoms with E-state index in [0.717, 1.165) is 61.0 Å². The Bertz CT molecular complexity index is 1290. The van der Waals surface area contributed by atoms with Crippen molar-refractivity contribution in [1.29, 1.82) is 0 Å². The van der Waals surface area contributed by atoms with Crippen molar-refractivity contribution in [2.24, 2.45) is 11.7 Å². The van der Waals surface area contributed by atoms with Gasteiger partial charge in [0.25, 0.3) is 0 Å². The molecule has 0 radical (unpaired) electrons. The van der Waals surface area contributed by atoms with Gasteiger partial charge in [0.1, 0.15) is 5.52 Å². The first-order chi connectivity index (χ1) is 17.8. The van der Waals surface area contributed by atoms with E-state index in [9.17, 15) is 0 Å². The van der Waals surface area contributed by atoms with Gasteiger partial charge in [-0.3, -0.25) is 4.57 Å². The second kappa shape index (κ2) is 10.1. The minimum atomic E-state index is 0.395. The van der Waals surface area contributed by atoms with E-state index in [4.69, 9.17) is 15.7 Å². The zero-order valence-electron chi connectivity index (χ0n) is 20.6. The number of hydrogen-bond acceptors (Lipinski definition) is 7. The summed E-state index contributed by atoms with van der Waals surface area (Å²) in [7, 11) is 0. The molecule has 8 nitrogen and oxygen atoms in total. The van der Waals surface area contributed by atoms with Gasteiger partial charge in [-0.2, -0.15) is 4.98 Å². The number of imidazole rings is 1. The van der Waals surface area contributed by atoms with Gasteiger partial charge in [0, 0.05) is 36.2 Å². The van der Waals surface area contributed by atoms with Crippen LogP contribution in [0.3, 0.4) is 0 Å². The highest BCUT2D eigenvalue weighted by molar-refractivity contribution is 5.77. The Morgan fingerprint density at radius 2 is 1.56 bits per heavy atom. The molecule has 2 aromatic carbocycles. The van der Waals surface area contributed by atoms with Gasteiger partial charge in [-0.05, 0) is 74.5 Å². The zero-order chi connectivity index (χ0) is 24.3. The Balaban J connectivity index is 1.24. The van der Waals surface area contributed by atoms with Crippen molar-refractivity contribution in [1.82, 2.24) is 19.5 Å². The lowest BCUT2D eigenvalue weighted by Gasteiger charge is -2.33. The molecule has 0 unspecified atom stereocenters. The Labute approximate surface area is 212 Å². The monoisotopic (exact) mass is 482 g/mol. The molecule has 1 aliphatic heterocycles. The standard InChI is InChI=1S/C28H34N8/c29-18-20-14-16-35(17-15-20)23-12-10-22(11-13-23)31-27-30-19-25-26(34-27)36(24-8-4-5-9-24)28(33-25)32-21-6-2-1-3-7-21/h1-3,6-7,10-13,19-20,24H,4-5,8-9,14-18,29H2,(H,32,33)(H,30,31,34). The van der Waals surface area contributed by atoms with Gasteiger partial charge in [0.15, 0.2) is 5.65 Å². The first-order valence-corrected chi connectivity index (χ1v) is 13.2. The van der Waals surface area contributed by atoms with Crippen LogP contribution in [0.1, 0.15) is 44.6 Å². The van der Waals surface area contributed by atoms with Crippen molar-refractivity contribution in [3.05, 3.63) is 60.8 Å². The van der Waals surface area contributed by atoms with E-state index in [1.165, 1.54) is 31.4 Å². The van der Waals surface area contributed by atoms with Crippen LogP contribution in [0.4, 0.5) is 29.0 Å². The molecule has 0 spiro atoms. The molecule has 3 heterocycles. The highest BCUT2D eigenvalue weighted by atomic mass is 15.3. The van der Waals surface area contributed by atoms with Crippen molar-refractivity contribution < 1.29 is 0 Å². The van der Waals surface area contributed by atoms with Crippen LogP contribution in [-0.4, -0.2) is 39.2 Å². The maximum atomic E-state index is 5.85. The lowest BCUT2D eigenvalue weighted by Crippen LogP contribution is -2.35. The summed E-state index contributed by atoms with van der Waals surface area (Å²) in [5.74, 6) is 2.08. The molecule has 186 valence electrons. The normalized spacial score (nSPS) is 17.1. The van der Waals surface area contributed by atoms with E-state index in [1.54, 1.807) is 0 Å². The molecule has 2 fully saturated rings. The summed E-state index contributed by atoms with van der Waals surface area (Å²) in [5.41, 5.74) is 10.8. The lowest BCUT2D eigenvalue weighted by atomic mass is 9.97. The van der Waals surface area contributed by atoms with Crippen LogP contribution in [0.5, 0.6) is 0 Å². The number of aromatic nitrogens is 4. The van der Waals surface area contributed by atoms with Gasteiger partial charge < -0.3 is 21.3 Å². The van der Waals surface area contributed by atoms with Crippen molar-refractivity contribution >= 4 is 40.1 Å².